The predicted octanol–water partition coefficient (Wildman–Crippen LogP) is 5.12. The quantitative estimate of drug-likeness (QED) is 0.318. The molecule has 4 aromatic rings. The molecule has 0 saturated carbocycles. The summed E-state index contributed by atoms with van der Waals surface area (Å²) in [5, 5.41) is 0.720. The summed E-state index contributed by atoms with van der Waals surface area (Å²) < 4.78 is 18.6. The van der Waals surface area contributed by atoms with E-state index in [0.29, 0.717) is 35.8 Å². The maximum absolute atomic E-state index is 13.3. The number of aryl methyl sites for hydroxylation is 1. The van der Waals surface area contributed by atoms with Crippen molar-refractivity contribution in [3.8, 4) is 17.2 Å². The van der Waals surface area contributed by atoms with Crippen LogP contribution in [0.15, 0.2) is 72.8 Å². The highest BCUT2D eigenvalue weighted by Gasteiger charge is 2.24. The van der Waals surface area contributed by atoms with E-state index in [4.69, 9.17) is 14.2 Å². The first kappa shape index (κ1) is 20.8. The summed E-state index contributed by atoms with van der Waals surface area (Å²) >= 11 is 0. The molecule has 0 saturated heterocycles. The van der Waals surface area contributed by atoms with Gasteiger partial charge in [-0.15, -0.1) is 0 Å². The van der Waals surface area contributed by atoms with Gasteiger partial charge in [-0.25, -0.2) is 0 Å². The number of nitrogens with zero attached hydrogens (tertiary/aromatic N) is 1. The number of rotatable bonds is 5. The molecule has 3 aromatic carbocycles. The number of benzene rings is 3. The Morgan fingerprint density at radius 2 is 1.82 bits per heavy atom. The second kappa shape index (κ2) is 8.47. The minimum absolute atomic E-state index is 0.160. The van der Waals surface area contributed by atoms with Crippen LogP contribution in [0.3, 0.4) is 0 Å². The normalized spacial score (nSPS) is 14.5. The molecule has 6 heteroatoms. The van der Waals surface area contributed by atoms with Crippen LogP contribution in [-0.4, -0.2) is 29.7 Å². The number of hydrogen-bond donors (Lipinski definition) is 0. The van der Waals surface area contributed by atoms with E-state index in [-0.39, 0.29) is 11.8 Å². The van der Waals surface area contributed by atoms with E-state index in [1.165, 1.54) is 6.92 Å². The molecular weight excluding hydrogens is 418 g/mol. The van der Waals surface area contributed by atoms with Gasteiger partial charge >= 0.3 is 5.97 Å². The van der Waals surface area contributed by atoms with Crippen molar-refractivity contribution in [2.75, 3.05) is 13.2 Å². The average molecular weight is 441 g/mol. The molecule has 1 aliphatic rings. The number of carbonyl (C=O) groups excluding carboxylic acids is 2. The Balaban J connectivity index is 1.34. The van der Waals surface area contributed by atoms with Crippen molar-refractivity contribution in [3.05, 3.63) is 89.6 Å². The van der Waals surface area contributed by atoms with Crippen molar-refractivity contribution in [2.45, 2.75) is 19.8 Å². The van der Waals surface area contributed by atoms with Gasteiger partial charge in [0.15, 0.2) is 0 Å². The number of carbonyl (C=O) groups is 2. The summed E-state index contributed by atoms with van der Waals surface area (Å²) in [7, 11) is 0. The minimum atomic E-state index is -0.400. The predicted molar refractivity (Wildman–Crippen MR) is 124 cm³/mol. The van der Waals surface area contributed by atoms with Crippen LogP contribution in [0.2, 0.25) is 0 Å². The van der Waals surface area contributed by atoms with Crippen LogP contribution >= 0.6 is 0 Å². The van der Waals surface area contributed by atoms with Gasteiger partial charge in [0, 0.05) is 29.1 Å². The van der Waals surface area contributed by atoms with Crippen LogP contribution in [0.5, 0.6) is 17.2 Å². The Bertz CT molecular complexity index is 1350. The molecule has 0 radical (unpaired) electrons. The summed E-state index contributed by atoms with van der Waals surface area (Å²) in [5.74, 6) is 1.67. The molecule has 33 heavy (non-hydrogen) atoms. The molecule has 0 amide bonds. The smallest absolute Gasteiger partial charge is 0.308 e. The van der Waals surface area contributed by atoms with E-state index in [1.54, 1.807) is 41.0 Å². The van der Waals surface area contributed by atoms with Gasteiger partial charge in [0.1, 0.15) is 17.2 Å². The average Bonchev–Trinajstić information content (AvgIpc) is 3.38. The summed E-state index contributed by atoms with van der Waals surface area (Å²) in [4.78, 5) is 24.7. The summed E-state index contributed by atoms with van der Waals surface area (Å²) in [6.45, 7) is 4.32. The molecule has 0 unspecified atom stereocenters. The number of fused-ring (bicyclic) bond motifs is 2. The zero-order valence-electron chi connectivity index (χ0n) is 18.4. The second-order valence-corrected chi connectivity index (χ2v) is 8.09. The maximum Gasteiger partial charge on any atom is 0.308 e. The monoisotopic (exact) mass is 441 g/mol. The van der Waals surface area contributed by atoms with E-state index in [9.17, 15) is 9.59 Å². The molecule has 0 N–H and O–H groups in total. The molecule has 0 bridgehead atoms. The summed E-state index contributed by atoms with van der Waals surface area (Å²) in [5.41, 5.74) is 3.15. The molecule has 0 spiro atoms. The molecule has 166 valence electrons. The van der Waals surface area contributed by atoms with Gasteiger partial charge in [0.05, 0.1) is 24.6 Å². The van der Waals surface area contributed by atoms with Crippen molar-refractivity contribution in [2.24, 2.45) is 0 Å². The van der Waals surface area contributed by atoms with Gasteiger partial charge < -0.3 is 14.2 Å². The topological polar surface area (TPSA) is 66.8 Å². The summed E-state index contributed by atoms with van der Waals surface area (Å²) in [6, 6.07) is 22.3. The van der Waals surface area contributed by atoms with Gasteiger partial charge in [-0.1, -0.05) is 24.3 Å². The lowest BCUT2D eigenvalue weighted by molar-refractivity contribution is -0.131. The molecule has 5 rings (SSSR count). The van der Waals surface area contributed by atoms with Crippen LogP contribution < -0.4 is 14.2 Å². The first-order valence-corrected chi connectivity index (χ1v) is 10.8. The Morgan fingerprint density at radius 3 is 2.61 bits per heavy atom. The van der Waals surface area contributed by atoms with Gasteiger partial charge in [0.25, 0.3) is 5.91 Å². The molecule has 2 heterocycles. The number of para-hydroxylation sites is 1. The van der Waals surface area contributed by atoms with E-state index < -0.39 is 5.97 Å². The lowest BCUT2D eigenvalue weighted by atomic mass is 10.0. The zero-order valence-corrected chi connectivity index (χ0v) is 18.4. The van der Waals surface area contributed by atoms with Crippen LogP contribution in [0.1, 0.15) is 34.5 Å². The second-order valence-electron chi connectivity index (χ2n) is 8.09. The number of aromatic nitrogens is 1. The number of hydrogen-bond acceptors (Lipinski definition) is 5. The van der Waals surface area contributed by atoms with Crippen molar-refractivity contribution < 1.29 is 23.8 Å². The van der Waals surface area contributed by atoms with Crippen LogP contribution in [0.4, 0.5) is 0 Å². The minimum Gasteiger partial charge on any atom is -0.493 e. The van der Waals surface area contributed by atoms with E-state index in [1.807, 2.05) is 37.3 Å². The molecule has 1 aromatic heterocycles. The molecule has 1 aliphatic heterocycles. The third-order valence-electron chi connectivity index (χ3n) is 5.80. The molecular formula is C27H23NO5. The Morgan fingerprint density at radius 1 is 1.03 bits per heavy atom. The Hall–Kier alpha value is -4.06. The van der Waals surface area contributed by atoms with E-state index in [0.717, 1.165) is 22.4 Å². The van der Waals surface area contributed by atoms with Crippen molar-refractivity contribution >= 4 is 22.8 Å². The molecule has 6 nitrogen and oxygen atoms in total. The largest absolute Gasteiger partial charge is 0.493 e. The molecule has 1 atom stereocenters. The van der Waals surface area contributed by atoms with Crippen molar-refractivity contribution in [1.82, 2.24) is 4.57 Å². The standard InChI is InChI=1S/C27H23NO5/c1-17-14-23-24(7-5-9-26(23)33-18(2)29)28(17)27(30)19-10-12-21(13-11-19)31-15-20-16-32-25-8-4-3-6-22(20)25/h3-14,20H,15-16H2,1-2H3/t20-/m1/s1. The molecule has 0 fully saturated rings. The zero-order chi connectivity index (χ0) is 22.9. The summed E-state index contributed by atoms with van der Waals surface area (Å²) in [6.07, 6.45) is 0. The van der Waals surface area contributed by atoms with Gasteiger partial charge in [0.2, 0.25) is 0 Å². The highest BCUT2D eigenvalue weighted by atomic mass is 16.5. The first-order valence-electron chi connectivity index (χ1n) is 10.8. The van der Waals surface area contributed by atoms with Crippen LogP contribution in [0, 0.1) is 6.92 Å². The Kier molecular flexibility index (Phi) is 5.34. The fourth-order valence-electron chi connectivity index (χ4n) is 4.24. The van der Waals surface area contributed by atoms with E-state index >= 15 is 0 Å². The third kappa shape index (κ3) is 3.96. The molecule has 0 aliphatic carbocycles. The highest BCUT2D eigenvalue weighted by Crippen LogP contribution is 2.34. The highest BCUT2D eigenvalue weighted by molar-refractivity contribution is 6.04. The maximum atomic E-state index is 13.3. The first-order chi connectivity index (χ1) is 16.0. The van der Waals surface area contributed by atoms with Gasteiger partial charge in [-0.2, -0.15) is 0 Å². The van der Waals surface area contributed by atoms with E-state index in [2.05, 4.69) is 6.07 Å². The lowest BCUT2D eigenvalue weighted by Gasteiger charge is -2.12. The number of esters is 1. The fourth-order valence-corrected chi connectivity index (χ4v) is 4.24. The SMILES string of the molecule is CC(=O)Oc1cccc2c1cc(C)n2C(=O)c1ccc(OC[C@@H]2COc3ccccc32)cc1. The van der Waals surface area contributed by atoms with Crippen LogP contribution in [0.25, 0.3) is 10.9 Å². The lowest BCUT2D eigenvalue weighted by Crippen LogP contribution is -2.14. The van der Waals surface area contributed by atoms with Crippen molar-refractivity contribution in [1.29, 1.82) is 0 Å². The Labute approximate surface area is 191 Å². The van der Waals surface area contributed by atoms with Gasteiger partial charge in [-0.05, 0) is 55.5 Å². The fraction of sp³-hybridized carbons (Fsp3) is 0.185. The van der Waals surface area contributed by atoms with Gasteiger partial charge in [-0.3, -0.25) is 14.2 Å². The van der Waals surface area contributed by atoms with Crippen molar-refractivity contribution in [3.63, 3.8) is 0 Å². The number of ether oxygens (including phenoxy) is 3. The third-order valence-corrected chi connectivity index (χ3v) is 5.80. The van der Waals surface area contributed by atoms with Crippen LogP contribution in [-0.2, 0) is 4.79 Å².